The minimum atomic E-state index is -0.147. The molecule has 1 saturated carbocycles. The van der Waals surface area contributed by atoms with E-state index in [0.717, 1.165) is 29.4 Å². The van der Waals surface area contributed by atoms with E-state index in [2.05, 4.69) is 25.3 Å². The molecule has 0 spiro atoms. The van der Waals surface area contributed by atoms with Gasteiger partial charge in [-0.05, 0) is 25.0 Å². The molecule has 0 aromatic carbocycles. The number of nitrogens with one attached hydrogen (secondary N) is 3. The fourth-order valence-corrected chi connectivity index (χ4v) is 3.27. The van der Waals surface area contributed by atoms with E-state index in [0.29, 0.717) is 17.7 Å². The van der Waals surface area contributed by atoms with Crippen molar-refractivity contribution in [1.29, 1.82) is 0 Å². The van der Waals surface area contributed by atoms with Crippen LogP contribution in [0.2, 0.25) is 0 Å². The molecule has 0 saturated heterocycles. The fraction of sp³-hybridized carbons (Fsp3) is 0.353. The number of hydrogen-bond acceptors (Lipinski definition) is 4. The third-order valence-electron chi connectivity index (χ3n) is 4.41. The second-order valence-corrected chi connectivity index (χ2v) is 6.06. The third-order valence-corrected chi connectivity index (χ3v) is 4.41. The molecule has 24 heavy (non-hydrogen) atoms. The van der Waals surface area contributed by atoms with Crippen LogP contribution in [0.25, 0.3) is 22.3 Å². The molecule has 0 radical (unpaired) electrons. The van der Waals surface area contributed by atoms with E-state index < -0.39 is 0 Å². The molecule has 1 aliphatic rings. The van der Waals surface area contributed by atoms with E-state index in [1.807, 2.05) is 18.3 Å². The highest BCUT2D eigenvalue weighted by atomic mass is 35.5. The smallest absolute Gasteiger partial charge is 0.252 e. The number of nitrogens with zero attached hydrogens (tertiary/aromatic N) is 2. The first-order valence-electron chi connectivity index (χ1n) is 8.10. The predicted molar refractivity (Wildman–Crippen MR) is 97.7 cm³/mol. The van der Waals surface area contributed by atoms with E-state index in [1.54, 1.807) is 6.20 Å². The Bertz CT molecular complexity index is 882. The lowest BCUT2D eigenvalue weighted by Crippen LogP contribution is -2.25. The van der Waals surface area contributed by atoms with Crippen LogP contribution in [0, 0.1) is 0 Å². The van der Waals surface area contributed by atoms with E-state index >= 15 is 0 Å². The number of aromatic nitrogens is 4. The number of aromatic amines is 2. The molecule has 126 valence electrons. The van der Waals surface area contributed by atoms with Crippen molar-refractivity contribution in [2.24, 2.45) is 0 Å². The molecule has 0 bridgehead atoms. The number of hydrogen-bond donors (Lipinski definition) is 3. The zero-order chi connectivity index (χ0) is 15.6. The summed E-state index contributed by atoms with van der Waals surface area (Å²) in [6.07, 6.45) is 9.61. The summed E-state index contributed by atoms with van der Waals surface area (Å²) in [6, 6.07) is 5.79. The molecule has 0 atom stereocenters. The van der Waals surface area contributed by atoms with E-state index in [-0.39, 0.29) is 18.0 Å². The van der Waals surface area contributed by atoms with Crippen LogP contribution in [0.1, 0.15) is 32.1 Å². The van der Waals surface area contributed by atoms with Gasteiger partial charge in [0.05, 0.1) is 5.69 Å². The molecule has 0 amide bonds. The maximum Gasteiger partial charge on any atom is 0.252 e. The lowest BCUT2D eigenvalue weighted by molar-refractivity contribution is 0.461. The molecule has 3 heterocycles. The van der Waals surface area contributed by atoms with Gasteiger partial charge < -0.3 is 10.3 Å². The first kappa shape index (κ1) is 16.5. The quantitative estimate of drug-likeness (QED) is 0.678. The van der Waals surface area contributed by atoms with E-state index in [1.165, 1.54) is 25.3 Å². The normalized spacial score (nSPS) is 15.2. The Morgan fingerprint density at radius 3 is 2.88 bits per heavy atom. The SMILES string of the molecule is Cl.O=c1cc(-c2c[nH]c3ncccc23)nc(NC2CCCCC2)[nH]1. The van der Waals surface area contributed by atoms with E-state index in [9.17, 15) is 4.79 Å². The van der Waals surface area contributed by atoms with Crippen molar-refractivity contribution >= 4 is 29.4 Å². The molecular weight excluding hydrogens is 326 g/mol. The highest BCUT2D eigenvalue weighted by Gasteiger charge is 2.15. The second kappa shape index (κ2) is 7.05. The summed E-state index contributed by atoms with van der Waals surface area (Å²) in [5, 5.41) is 4.35. The van der Waals surface area contributed by atoms with Crippen molar-refractivity contribution in [2.45, 2.75) is 38.1 Å². The molecule has 1 aliphatic carbocycles. The average Bonchev–Trinajstić information content (AvgIpc) is 2.99. The van der Waals surface area contributed by atoms with Gasteiger partial charge in [-0.3, -0.25) is 9.78 Å². The Hall–Kier alpha value is -2.34. The first-order valence-corrected chi connectivity index (χ1v) is 8.10. The molecule has 1 fully saturated rings. The highest BCUT2D eigenvalue weighted by Crippen LogP contribution is 2.26. The Labute approximate surface area is 145 Å². The predicted octanol–water partition coefficient (Wildman–Crippen LogP) is 3.48. The lowest BCUT2D eigenvalue weighted by atomic mass is 9.96. The van der Waals surface area contributed by atoms with Gasteiger partial charge in [-0.1, -0.05) is 19.3 Å². The van der Waals surface area contributed by atoms with Gasteiger partial charge in [0.1, 0.15) is 5.65 Å². The molecule has 6 nitrogen and oxygen atoms in total. The zero-order valence-electron chi connectivity index (χ0n) is 13.2. The minimum Gasteiger partial charge on any atom is -0.353 e. The van der Waals surface area contributed by atoms with Crippen LogP contribution >= 0.6 is 12.4 Å². The fourth-order valence-electron chi connectivity index (χ4n) is 3.27. The highest BCUT2D eigenvalue weighted by molar-refractivity contribution is 5.92. The van der Waals surface area contributed by atoms with Crippen LogP contribution < -0.4 is 10.9 Å². The molecular formula is C17H20ClN5O. The van der Waals surface area contributed by atoms with Crippen LogP contribution in [-0.4, -0.2) is 26.0 Å². The molecule has 7 heteroatoms. The summed E-state index contributed by atoms with van der Waals surface area (Å²) in [4.78, 5) is 26.8. The minimum absolute atomic E-state index is 0. The standard InChI is InChI=1S/C17H19N5O.ClH/c23-15-9-14(13-10-19-16-12(13)7-4-8-18-16)21-17(22-15)20-11-5-2-1-3-6-11;/h4,7-11H,1-3,5-6H2,(H,18,19)(H2,20,21,22,23);1H. The van der Waals surface area contributed by atoms with Crippen molar-refractivity contribution in [3.63, 3.8) is 0 Å². The maximum atomic E-state index is 12.0. The lowest BCUT2D eigenvalue weighted by Gasteiger charge is -2.23. The van der Waals surface area contributed by atoms with Crippen molar-refractivity contribution in [3.8, 4) is 11.3 Å². The monoisotopic (exact) mass is 345 g/mol. The van der Waals surface area contributed by atoms with Crippen molar-refractivity contribution < 1.29 is 0 Å². The Morgan fingerprint density at radius 1 is 1.21 bits per heavy atom. The molecule has 3 aromatic heterocycles. The number of anilines is 1. The van der Waals surface area contributed by atoms with Crippen molar-refractivity contribution in [2.75, 3.05) is 5.32 Å². The summed E-state index contributed by atoms with van der Waals surface area (Å²) in [5.74, 6) is 0.553. The van der Waals surface area contributed by atoms with Crippen LogP contribution in [0.3, 0.4) is 0 Å². The summed E-state index contributed by atoms with van der Waals surface area (Å²) in [7, 11) is 0. The maximum absolute atomic E-state index is 12.0. The zero-order valence-corrected chi connectivity index (χ0v) is 14.0. The Balaban J connectivity index is 0.00000169. The Morgan fingerprint density at radius 2 is 2.04 bits per heavy atom. The molecule has 3 N–H and O–H groups in total. The number of pyridine rings is 1. The first-order chi connectivity index (χ1) is 11.3. The van der Waals surface area contributed by atoms with Gasteiger partial charge in [0.2, 0.25) is 5.95 Å². The van der Waals surface area contributed by atoms with Crippen LogP contribution in [0.4, 0.5) is 5.95 Å². The summed E-state index contributed by atoms with van der Waals surface area (Å²) >= 11 is 0. The molecule has 3 aromatic rings. The summed E-state index contributed by atoms with van der Waals surface area (Å²) in [6.45, 7) is 0. The van der Waals surface area contributed by atoms with Gasteiger partial charge in [-0.2, -0.15) is 0 Å². The molecule has 0 unspecified atom stereocenters. The second-order valence-electron chi connectivity index (χ2n) is 6.06. The largest absolute Gasteiger partial charge is 0.353 e. The number of H-pyrrole nitrogens is 2. The van der Waals surface area contributed by atoms with Gasteiger partial charge in [0.15, 0.2) is 0 Å². The van der Waals surface area contributed by atoms with Crippen LogP contribution in [-0.2, 0) is 0 Å². The third kappa shape index (κ3) is 3.28. The van der Waals surface area contributed by atoms with Crippen LogP contribution in [0.5, 0.6) is 0 Å². The summed E-state index contributed by atoms with van der Waals surface area (Å²) in [5.41, 5.74) is 2.20. The van der Waals surface area contributed by atoms with Crippen molar-refractivity contribution in [1.82, 2.24) is 19.9 Å². The number of rotatable bonds is 3. The van der Waals surface area contributed by atoms with Gasteiger partial charge in [0, 0.05) is 35.5 Å². The van der Waals surface area contributed by atoms with Gasteiger partial charge in [-0.15, -0.1) is 12.4 Å². The number of fused-ring (bicyclic) bond motifs is 1. The van der Waals surface area contributed by atoms with Gasteiger partial charge in [-0.25, -0.2) is 9.97 Å². The Kier molecular flexibility index (Phi) is 4.85. The van der Waals surface area contributed by atoms with Gasteiger partial charge in [0.25, 0.3) is 5.56 Å². The molecule has 4 rings (SSSR count). The molecule has 0 aliphatic heterocycles. The van der Waals surface area contributed by atoms with Crippen molar-refractivity contribution in [3.05, 3.63) is 40.9 Å². The van der Waals surface area contributed by atoms with Gasteiger partial charge >= 0.3 is 0 Å². The van der Waals surface area contributed by atoms with E-state index in [4.69, 9.17) is 0 Å². The number of halogens is 1. The summed E-state index contributed by atoms with van der Waals surface area (Å²) < 4.78 is 0. The van der Waals surface area contributed by atoms with Crippen LogP contribution in [0.15, 0.2) is 35.4 Å². The topological polar surface area (TPSA) is 86.5 Å². The average molecular weight is 346 g/mol.